The number of nitrogens with zero attached hydrogens (tertiary/aromatic N) is 1. The zero-order chi connectivity index (χ0) is 11.7. The topological polar surface area (TPSA) is 20.3 Å². The van der Waals surface area contributed by atoms with Gasteiger partial charge in [-0.2, -0.15) is 0 Å². The van der Waals surface area contributed by atoms with Crippen molar-refractivity contribution in [1.82, 2.24) is 4.90 Å². The first kappa shape index (κ1) is 11.9. The van der Waals surface area contributed by atoms with Crippen molar-refractivity contribution in [3.8, 4) is 0 Å². The van der Waals surface area contributed by atoms with E-state index >= 15 is 0 Å². The standard InChI is InChI=1S/C12H13BrClNO/c1-15(9-3-4-9)12(16)7-8-2-5-10(13)11(14)6-8/h2,5-6,9H,3-4,7H2,1H3. The second-order valence-corrected chi connectivity index (χ2v) is 5.42. The van der Waals surface area contributed by atoms with E-state index < -0.39 is 0 Å². The Morgan fingerprint density at radius 1 is 1.56 bits per heavy atom. The second-order valence-electron chi connectivity index (χ2n) is 4.16. The lowest BCUT2D eigenvalue weighted by atomic mass is 10.1. The highest BCUT2D eigenvalue weighted by atomic mass is 79.9. The largest absolute Gasteiger partial charge is 0.342 e. The second kappa shape index (κ2) is 4.76. The van der Waals surface area contributed by atoms with Gasteiger partial charge in [-0.3, -0.25) is 4.79 Å². The maximum atomic E-state index is 11.9. The first-order chi connectivity index (χ1) is 7.58. The fourth-order valence-corrected chi connectivity index (χ4v) is 2.06. The zero-order valence-corrected chi connectivity index (χ0v) is 11.4. The smallest absolute Gasteiger partial charge is 0.226 e. The molecule has 0 saturated heterocycles. The lowest BCUT2D eigenvalue weighted by Gasteiger charge is -2.16. The summed E-state index contributed by atoms with van der Waals surface area (Å²) in [6.07, 6.45) is 2.71. The maximum Gasteiger partial charge on any atom is 0.226 e. The number of amides is 1. The van der Waals surface area contributed by atoms with E-state index in [-0.39, 0.29) is 5.91 Å². The van der Waals surface area contributed by atoms with Gasteiger partial charge in [0.05, 0.1) is 11.4 Å². The minimum Gasteiger partial charge on any atom is -0.342 e. The summed E-state index contributed by atoms with van der Waals surface area (Å²) in [5.41, 5.74) is 0.964. The van der Waals surface area contributed by atoms with Crippen LogP contribution in [0.25, 0.3) is 0 Å². The molecule has 1 fully saturated rings. The van der Waals surface area contributed by atoms with E-state index in [0.29, 0.717) is 17.5 Å². The minimum absolute atomic E-state index is 0.167. The lowest BCUT2D eigenvalue weighted by molar-refractivity contribution is -0.129. The van der Waals surface area contributed by atoms with Gasteiger partial charge in [0.2, 0.25) is 5.91 Å². The van der Waals surface area contributed by atoms with Gasteiger partial charge in [0.1, 0.15) is 0 Å². The molecule has 16 heavy (non-hydrogen) atoms. The summed E-state index contributed by atoms with van der Waals surface area (Å²) in [5.74, 6) is 0.167. The molecule has 4 heteroatoms. The molecule has 0 aliphatic heterocycles. The van der Waals surface area contributed by atoms with Crippen molar-refractivity contribution in [1.29, 1.82) is 0 Å². The Kier molecular flexibility index (Phi) is 3.55. The Labute approximate surface area is 109 Å². The van der Waals surface area contributed by atoms with Gasteiger partial charge in [-0.1, -0.05) is 17.7 Å². The molecule has 0 aromatic heterocycles. The molecule has 0 spiro atoms. The molecule has 0 unspecified atom stereocenters. The first-order valence-corrected chi connectivity index (χ1v) is 6.44. The SMILES string of the molecule is CN(C(=O)Cc1ccc(Br)c(Cl)c1)C1CC1. The van der Waals surface area contributed by atoms with E-state index in [1.807, 2.05) is 30.1 Å². The molecule has 0 radical (unpaired) electrons. The number of carbonyl (C=O) groups is 1. The molecule has 86 valence electrons. The van der Waals surface area contributed by atoms with Gasteiger partial charge in [-0.15, -0.1) is 0 Å². The predicted octanol–water partition coefficient (Wildman–Crippen LogP) is 3.27. The highest BCUT2D eigenvalue weighted by Crippen LogP contribution is 2.27. The Balaban J connectivity index is 2.02. The summed E-state index contributed by atoms with van der Waals surface area (Å²) in [5, 5.41) is 0.652. The van der Waals surface area contributed by atoms with Crippen LogP contribution in [0.4, 0.5) is 0 Å². The molecule has 2 rings (SSSR count). The van der Waals surface area contributed by atoms with Gasteiger partial charge in [0.15, 0.2) is 0 Å². The molecule has 2 nitrogen and oxygen atoms in total. The van der Waals surface area contributed by atoms with E-state index in [2.05, 4.69) is 15.9 Å². The Morgan fingerprint density at radius 2 is 2.25 bits per heavy atom. The van der Waals surface area contributed by atoms with Crippen LogP contribution in [0.5, 0.6) is 0 Å². The van der Waals surface area contributed by atoms with Crippen LogP contribution in [0.3, 0.4) is 0 Å². The lowest BCUT2D eigenvalue weighted by Crippen LogP contribution is -2.30. The van der Waals surface area contributed by atoms with Crippen LogP contribution >= 0.6 is 27.5 Å². The highest BCUT2D eigenvalue weighted by molar-refractivity contribution is 9.10. The maximum absolute atomic E-state index is 11.9. The van der Waals surface area contributed by atoms with Gasteiger partial charge < -0.3 is 4.90 Å². The van der Waals surface area contributed by atoms with Crippen molar-refractivity contribution in [3.63, 3.8) is 0 Å². The number of hydrogen-bond donors (Lipinski definition) is 0. The van der Waals surface area contributed by atoms with Crippen molar-refractivity contribution in [2.75, 3.05) is 7.05 Å². The van der Waals surface area contributed by atoms with E-state index in [4.69, 9.17) is 11.6 Å². The van der Waals surface area contributed by atoms with Gasteiger partial charge in [0, 0.05) is 17.6 Å². The Hall–Kier alpha value is -0.540. The summed E-state index contributed by atoms with van der Waals surface area (Å²) in [4.78, 5) is 13.7. The van der Waals surface area contributed by atoms with E-state index in [0.717, 1.165) is 22.9 Å². The number of carbonyl (C=O) groups excluding carboxylic acids is 1. The first-order valence-electron chi connectivity index (χ1n) is 5.27. The van der Waals surface area contributed by atoms with Crippen LogP contribution in [-0.2, 0) is 11.2 Å². The van der Waals surface area contributed by atoms with Crippen LogP contribution in [0, 0.1) is 0 Å². The summed E-state index contributed by atoms with van der Waals surface area (Å²) in [6.45, 7) is 0. The Morgan fingerprint density at radius 3 is 2.81 bits per heavy atom. The van der Waals surface area contributed by atoms with Crippen molar-refractivity contribution < 1.29 is 4.79 Å². The molecule has 0 N–H and O–H groups in total. The number of benzene rings is 1. The van der Waals surface area contributed by atoms with Crippen molar-refractivity contribution in [2.24, 2.45) is 0 Å². The van der Waals surface area contributed by atoms with Gasteiger partial charge >= 0.3 is 0 Å². The summed E-state index contributed by atoms with van der Waals surface area (Å²) in [6, 6.07) is 6.11. The van der Waals surface area contributed by atoms with E-state index in [9.17, 15) is 4.79 Å². The monoisotopic (exact) mass is 301 g/mol. The van der Waals surface area contributed by atoms with Gasteiger partial charge in [0.25, 0.3) is 0 Å². The van der Waals surface area contributed by atoms with E-state index in [1.54, 1.807) is 0 Å². The quantitative estimate of drug-likeness (QED) is 0.839. The molecule has 1 aliphatic rings. The fourth-order valence-electron chi connectivity index (χ4n) is 1.61. The number of rotatable bonds is 3. The van der Waals surface area contributed by atoms with Crippen molar-refractivity contribution >= 4 is 33.4 Å². The summed E-state index contributed by atoms with van der Waals surface area (Å²) in [7, 11) is 1.88. The highest BCUT2D eigenvalue weighted by Gasteiger charge is 2.29. The van der Waals surface area contributed by atoms with Gasteiger partial charge in [-0.25, -0.2) is 0 Å². The third kappa shape index (κ3) is 2.77. The molecular formula is C12H13BrClNO. The van der Waals surface area contributed by atoms with Crippen LogP contribution in [-0.4, -0.2) is 23.9 Å². The number of halogens is 2. The zero-order valence-electron chi connectivity index (χ0n) is 9.04. The third-order valence-electron chi connectivity index (χ3n) is 2.83. The average molecular weight is 303 g/mol. The minimum atomic E-state index is 0.167. The number of likely N-dealkylation sites (N-methyl/N-ethyl adjacent to an activating group) is 1. The normalized spacial score (nSPS) is 14.9. The Bertz CT molecular complexity index is 417. The fraction of sp³-hybridized carbons (Fsp3) is 0.417. The molecule has 0 heterocycles. The molecule has 1 aromatic rings. The molecule has 1 aromatic carbocycles. The summed E-state index contributed by atoms with van der Waals surface area (Å²) < 4.78 is 0.862. The molecule has 0 atom stereocenters. The molecule has 1 amide bonds. The van der Waals surface area contributed by atoms with Crippen LogP contribution in [0.2, 0.25) is 5.02 Å². The van der Waals surface area contributed by atoms with Crippen LogP contribution in [0.15, 0.2) is 22.7 Å². The molecule has 1 aliphatic carbocycles. The third-order valence-corrected chi connectivity index (χ3v) is 4.06. The van der Waals surface area contributed by atoms with Crippen LogP contribution < -0.4 is 0 Å². The van der Waals surface area contributed by atoms with E-state index in [1.165, 1.54) is 0 Å². The number of hydrogen-bond acceptors (Lipinski definition) is 1. The summed E-state index contributed by atoms with van der Waals surface area (Å²) >= 11 is 9.31. The van der Waals surface area contributed by atoms with Gasteiger partial charge in [-0.05, 0) is 46.5 Å². The van der Waals surface area contributed by atoms with Crippen molar-refractivity contribution in [3.05, 3.63) is 33.3 Å². The van der Waals surface area contributed by atoms with Crippen LogP contribution in [0.1, 0.15) is 18.4 Å². The van der Waals surface area contributed by atoms with Crippen molar-refractivity contribution in [2.45, 2.75) is 25.3 Å². The average Bonchev–Trinajstić information content (AvgIpc) is 3.06. The molecule has 1 saturated carbocycles. The molecular weight excluding hydrogens is 289 g/mol. The predicted molar refractivity (Wildman–Crippen MR) is 68.6 cm³/mol. The molecule has 0 bridgehead atoms.